The zero-order valence-corrected chi connectivity index (χ0v) is 26.0. The number of methoxy groups -OCH3 is 1. The molecule has 0 aromatic heterocycles. The number of halogens is 4. The van der Waals surface area contributed by atoms with Crippen molar-refractivity contribution in [1.82, 2.24) is 5.32 Å². The predicted molar refractivity (Wildman–Crippen MR) is 163 cm³/mol. The molecule has 2 fully saturated rings. The van der Waals surface area contributed by atoms with Crippen molar-refractivity contribution in [2.75, 3.05) is 19.0 Å². The van der Waals surface area contributed by atoms with E-state index in [1.165, 1.54) is 19.2 Å². The summed E-state index contributed by atoms with van der Waals surface area (Å²) in [5, 5.41) is 5.49. The van der Waals surface area contributed by atoms with Gasteiger partial charge in [0.25, 0.3) is 15.7 Å². The fourth-order valence-corrected chi connectivity index (χ4v) is 7.20. The van der Waals surface area contributed by atoms with E-state index in [4.69, 9.17) is 9.47 Å². The summed E-state index contributed by atoms with van der Waals surface area (Å²) in [4.78, 5) is 26.2. The maximum Gasteiger partial charge on any atom is 0.501 e. The molecule has 2 saturated carbocycles. The molecule has 0 radical (unpaired) electrons. The highest BCUT2D eigenvalue weighted by atomic mass is 32.2. The van der Waals surface area contributed by atoms with Gasteiger partial charge in [0.2, 0.25) is 5.91 Å². The quantitative estimate of drug-likeness (QED) is 0.174. The second-order valence-corrected chi connectivity index (χ2v) is 13.5. The van der Waals surface area contributed by atoms with Crippen LogP contribution in [0.1, 0.15) is 49.4 Å². The Kier molecular flexibility index (Phi) is 9.62. The predicted octanol–water partition coefficient (Wildman–Crippen LogP) is 6.76. The van der Waals surface area contributed by atoms with E-state index in [0.29, 0.717) is 24.3 Å². The van der Waals surface area contributed by atoms with Gasteiger partial charge in [0.1, 0.15) is 17.3 Å². The van der Waals surface area contributed by atoms with Gasteiger partial charge in [-0.1, -0.05) is 31.5 Å². The fourth-order valence-electron chi connectivity index (χ4n) is 6.39. The van der Waals surface area contributed by atoms with Crippen LogP contribution in [0, 0.1) is 23.6 Å². The summed E-state index contributed by atoms with van der Waals surface area (Å²) in [5.41, 5.74) is -4.86. The highest BCUT2D eigenvalue weighted by molar-refractivity contribution is 7.92. The topological polar surface area (TPSA) is 111 Å². The van der Waals surface area contributed by atoms with Crippen LogP contribution >= 0.6 is 0 Å². The summed E-state index contributed by atoms with van der Waals surface area (Å²) >= 11 is 0. The first-order chi connectivity index (χ1) is 21.8. The number of hydrogen-bond donors (Lipinski definition) is 2. The molecular weight excluding hydrogens is 628 g/mol. The molecule has 0 heterocycles. The molecule has 0 spiro atoms. The van der Waals surface area contributed by atoms with Gasteiger partial charge in [-0.2, -0.15) is 13.2 Å². The maximum atomic E-state index is 15.2. The van der Waals surface area contributed by atoms with Crippen molar-refractivity contribution in [3.63, 3.8) is 0 Å². The lowest BCUT2D eigenvalue weighted by Crippen LogP contribution is -2.48. The van der Waals surface area contributed by atoms with E-state index in [1.54, 1.807) is 24.3 Å². The third kappa shape index (κ3) is 6.69. The fraction of sp³-hybridized carbons (Fsp3) is 0.394. The Bertz CT molecular complexity index is 1710. The summed E-state index contributed by atoms with van der Waals surface area (Å²) in [7, 11) is -4.30. The Labute approximate surface area is 264 Å². The van der Waals surface area contributed by atoms with Crippen LogP contribution in [-0.2, 0) is 14.6 Å². The molecule has 0 aliphatic heterocycles. The molecule has 3 aromatic rings. The maximum absolute atomic E-state index is 15.2. The molecule has 5 rings (SSSR count). The third-order valence-electron chi connectivity index (χ3n) is 8.70. The minimum atomic E-state index is -5.61. The van der Waals surface area contributed by atoms with Crippen LogP contribution in [0.15, 0.2) is 65.6 Å². The Morgan fingerprint density at radius 1 is 1.00 bits per heavy atom. The lowest BCUT2D eigenvalue weighted by molar-refractivity contribution is -0.122. The number of unbranched alkanes of at least 4 members (excludes halogenated alkanes) is 1. The van der Waals surface area contributed by atoms with Gasteiger partial charge in [0, 0.05) is 23.4 Å². The molecule has 46 heavy (non-hydrogen) atoms. The standard InChI is InChI=1S/C33H34F4N2O6S/c1-3-4-14-45-23-12-10-19(11-13-23)25-17-26(28(44-2)18-27(25)34)31(40)39-30-21-9-8-20(15-21)29(30)32(41)38-22-6-5-7-24(16-22)46(42,43)33(35,36)37/h5-7,10-13,16-18,20-21,29-30H,3-4,8-9,14-15H2,1-2H3,(H,38,41)(H,39,40)/t20-,21+,29+,30-/m1/s1. The minimum Gasteiger partial charge on any atom is -0.496 e. The molecule has 2 amide bonds. The van der Waals surface area contributed by atoms with Gasteiger partial charge in [-0.3, -0.25) is 9.59 Å². The number of nitrogens with one attached hydrogen (secondary N) is 2. The Morgan fingerprint density at radius 3 is 2.39 bits per heavy atom. The number of fused-ring (bicyclic) bond motifs is 2. The van der Waals surface area contributed by atoms with Gasteiger partial charge in [-0.15, -0.1) is 0 Å². The van der Waals surface area contributed by atoms with E-state index >= 15 is 4.39 Å². The number of hydrogen-bond acceptors (Lipinski definition) is 6. The van der Waals surface area contributed by atoms with Crippen molar-refractivity contribution in [1.29, 1.82) is 0 Å². The number of amides is 2. The number of ether oxygens (including phenoxy) is 2. The Morgan fingerprint density at radius 2 is 1.72 bits per heavy atom. The minimum absolute atomic E-state index is 0.00474. The third-order valence-corrected chi connectivity index (χ3v) is 10.2. The van der Waals surface area contributed by atoms with Gasteiger partial charge in [-0.25, -0.2) is 12.8 Å². The first-order valence-corrected chi connectivity index (χ1v) is 16.5. The highest BCUT2D eigenvalue weighted by Crippen LogP contribution is 2.49. The average Bonchev–Trinajstić information content (AvgIpc) is 3.63. The molecule has 0 unspecified atom stereocenters. The summed E-state index contributed by atoms with van der Waals surface area (Å²) in [6, 6.07) is 12.7. The van der Waals surface area contributed by atoms with Gasteiger partial charge < -0.3 is 20.1 Å². The smallest absolute Gasteiger partial charge is 0.496 e. The largest absolute Gasteiger partial charge is 0.501 e. The molecule has 246 valence electrons. The van der Waals surface area contributed by atoms with Crippen LogP contribution < -0.4 is 20.1 Å². The normalized spacial score (nSPS) is 20.7. The molecular formula is C33H34F4N2O6S. The van der Waals surface area contributed by atoms with Crippen molar-refractivity contribution >= 4 is 27.3 Å². The molecule has 2 N–H and O–H groups in total. The summed E-state index contributed by atoms with van der Waals surface area (Å²) in [5.74, 6) is -1.94. The van der Waals surface area contributed by atoms with Crippen LogP contribution in [0.3, 0.4) is 0 Å². The molecule has 0 saturated heterocycles. The van der Waals surface area contributed by atoms with Gasteiger partial charge in [0.15, 0.2) is 0 Å². The molecule has 13 heteroatoms. The number of benzene rings is 3. The Balaban J connectivity index is 1.36. The van der Waals surface area contributed by atoms with Crippen LogP contribution in [0.5, 0.6) is 11.5 Å². The molecule has 2 aliphatic rings. The van der Waals surface area contributed by atoms with E-state index < -0.39 is 49.8 Å². The number of anilines is 1. The summed E-state index contributed by atoms with van der Waals surface area (Å²) < 4.78 is 89.2. The van der Waals surface area contributed by atoms with Gasteiger partial charge >= 0.3 is 5.51 Å². The molecule has 2 bridgehead atoms. The van der Waals surface area contributed by atoms with Crippen molar-refractivity contribution in [2.45, 2.75) is 55.5 Å². The summed E-state index contributed by atoms with van der Waals surface area (Å²) in [6.45, 7) is 2.62. The monoisotopic (exact) mass is 662 g/mol. The van der Waals surface area contributed by atoms with E-state index in [-0.39, 0.29) is 34.4 Å². The molecule has 3 aromatic carbocycles. The van der Waals surface area contributed by atoms with E-state index in [2.05, 4.69) is 17.6 Å². The van der Waals surface area contributed by atoms with Crippen molar-refractivity contribution in [3.8, 4) is 22.6 Å². The Hall–Kier alpha value is -4.13. The van der Waals surface area contributed by atoms with E-state index in [1.807, 2.05) is 0 Å². The number of sulfone groups is 1. The van der Waals surface area contributed by atoms with Crippen molar-refractivity contribution in [3.05, 3.63) is 72.0 Å². The van der Waals surface area contributed by atoms with Crippen LogP contribution in [-0.4, -0.2) is 45.5 Å². The second kappa shape index (κ2) is 13.3. The highest BCUT2D eigenvalue weighted by Gasteiger charge is 2.52. The number of rotatable bonds is 11. The van der Waals surface area contributed by atoms with Crippen molar-refractivity contribution < 1.29 is 45.0 Å². The van der Waals surface area contributed by atoms with Crippen LogP contribution in [0.2, 0.25) is 0 Å². The second-order valence-electron chi connectivity index (χ2n) is 11.6. The van der Waals surface area contributed by atoms with Crippen LogP contribution in [0.25, 0.3) is 11.1 Å². The first kappa shape index (κ1) is 33.2. The number of carbonyl (C=O) groups excluding carboxylic acids is 2. The zero-order valence-electron chi connectivity index (χ0n) is 25.2. The molecule has 2 aliphatic carbocycles. The average molecular weight is 663 g/mol. The van der Waals surface area contributed by atoms with Gasteiger partial charge in [0.05, 0.1) is 30.1 Å². The number of alkyl halides is 3. The lowest BCUT2D eigenvalue weighted by atomic mass is 9.83. The lowest BCUT2D eigenvalue weighted by Gasteiger charge is -2.31. The van der Waals surface area contributed by atoms with Crippen molar-refractivity contribution in [2.24, 2.45) is 17.8 Å². The van der Waals surface area contributed by atoms with Gasteiger partial charge in [-0.05, 0) is 79.5 Å². The molecule has 8 nitrogen and oxygen atoms in total. The zero-order chi connectivity index (χ0) is 33.2. The van der Waals surface area contributed by atoms with E-state index in [9.17, 15) is 31.2 Å². The molecule has 4 atom stereocenters. The van der Waals surface area contributed by atoms with Crippen LogP contribution in [0.4, 0.5) is 23.2 Å². The van der Waals surface area contributed by atoms with E-state index in [0.717, 1.165) is 49.9 Å². The summed E-state index contributed by atoms with van der Waals surface area (Å²) in [6.07, 6.45) is 4.03. The first-order valence-electron chi connectivity index (χ1n) is 15.0. The number of carbonyl (C=O) groups is 2. The SMILES string of the molecule is CCCCOc1ccc(-c2cc(C(=O)N[C@@H]3[C@H]4CC[C@H](C4)[C@@H]3C(=O)Nc3cccc(S(=O)(=O)C(F)(F)F)c3)c(OC)cc2F)cc1.